The van der Waals surface area contributed by atoms with Crippen LogP contribution in [0.3, 0.4) is 0 Å². The van der Waals surface area contributed by atoms with Gasteiger partial charge in [-0.05, 0) is 25.8 Å². The summed E-state index contributed by atoms with van der Waals surface area (Å²) in [7, 11) is 0. The number of hydrogen-bond donors (Lipinski definition) is 1. The average Bonchev–Trinajstić information content (AvgIpc) is 3.04. The third kappa shape index (κ3) is 3.36. The first-order chi connectivity index (χ1) is 9.24. The van der Waals surface area contributed by atoms with E-state index in [2.05, 4.69) is 47.0 Å². The SMILES string of the molecule is CCCn1cc(NCc2ccnn2[C@H](C)CC)cn1. The minimum atomic E-state index is 0.439. The van der Waals surface area contributed by atoms with Crippen LogP contribution in [-0.2, 0) is 13.1 Å². The summed E-state index contributed by atoms with van der Waals surface area (Å²) >= 11 is 0. The zero-order valence-corrected chi connectivity index (χ0v) is 12.0. The molecule has 0 saturated heterocycles. The zero-order chi connectivity index (χ0) is 13.7. The van der Waals surface area contributed by atoms with Crippen LogP contribution in [-0.4, -0.2) is 19.6 Å². The van der Waals surface area contributed by atoms with Crippen LogP contribution in [0.1, 0.15) is 45.3 Å². The van der Waals surface area contributed by atoms with Crippen LogP contribution >= 0.6 is 0 Å². The van der Waals surface area contributed by atoms with Crippen molar-refractivity contribution in [2.24, 2.45) is 0 Å². The summed E-state index contributed by atoms with van der Waals surface area (Å²) in [5.41, 5.74) is 2.27. The molecule has 2 rings (SSSR count). The standard InChI is InChI=1S/C14H23N5/c1-4-8-18-11-13(9-17-18)15-10-14-6-7-16-19(14)12(3)5-2/h6-7,9,11-12,15H,4-5,8,10H2,1-3H3/t12-/m1/s1. The Kier molecular flexibility index (Phi) is 4.60. The Balaban J connectivity index is 1.96. The summed E-state index contributed by atoms with van der Waals surface area (Å²) in [6.45, 7) is 8.27. The highest BCUT2D eigenvalue weighted by Crippen LogP contribution is 2.14. The highest BCUT2D eigenvalue weighted by atomic mass is 15.3. The van der Waals surface area contributed by atoms with Gasteiger partial charge in [0, 0.05) is 25.0 Å². The molecule has 0 radical (unpaired) electrons. The highest BCUT2D eigenvalue weighted by molar-refractivity contribution is 5.38. The molecule has 19 heavy (non-hydrogen) atoms. The first-order valence-corrected chi connectivity index (χ1v) is 7.03. The molecule has 0 aliphatic heterocycles. The summed E-state index contributed by atoms with van der Waals surface area (Å²) in [5, 5.41) is 12.1. The van der Waals surface area contributed by atoms with Gasteiger partial charge < -0.3 is 5.32 Å². The molecule has 0 bridgehead atoms. The predicted molar refractivity (Wildman–Crippen MR) is 77.1 cm³/mol. The topological polar surface area (TPSA) is 47.7 Å². The van der Waals surface area contributed by atoms with E-state index in [-0.39, 0.29) is 0 Å². The molecule has 0 aliphatic rings. The molecule has 0 aliphatic carbocycles. The lowest BCUT2D eigenvalue weighted by molar-refractivity contribution is 0.462. The lowest BCUT2D eigenvalue weighted by Crippen LogP contribution is -2.12. The van der Waals surface area contributed by atoms with Gasteiger partial charge in [0.25, 0.3) is 0 Å². The first kappa shape index (κ1) is 13.6. The maximum Gasteiger partial charge on any atom is 0.0729 e. The van der Waals surface area contributed by atoms with E-state index >= 15 is 0 Å². The second kappa shape index (κ2) is 6.41. The molecule has 0 fully saturated rings. The van der Waals surface area contributed by atoms with Gasteiger partial charge >= 0.3 is 0 Å². The minimum absolute atomic E-state index is 0.439. The summed E-state index contributed by atoms with van der Waals surface area (Å²) in [4.78, 5) is 0. The number of aromatic nitrogens is 4. The van der Waals surface area contributed by atoms with E-state index in [0.29, 0.717) is 6.04 Å². The van der Waals surface area contributed by atoms with Crippen LogP contribution in [0.4, 0.5) is 5.69 Å². The second-order valence-corrected chi connectivity index (χ2v) is 4.87. The Labute approximate surface area is 114 Å². The maximum absolute atomic E-state index is 4.39. The Morgan fingerprint density at radius 2 is 2.16 bits per heavy atom. The van der Waals surface area contributed by atoms with E-state index < -0.39 is 0 Å². The molecule has 0 spiro atoms. The molecule has 0 saturated carbocycles. The molecule has 1 atom stereocenters. The second-order valence-electron chi connectivity index (χ2n) is 4.87. The van der Waals surface area contributed by atoms with Crippen molar-refractivity contribution in [3.63, 3.8) is 0 Å². The van der Waals surface area contributed by atoms with Gasteiger partial charge in [0.1, 0.15) is 0 Å². The average molecular weight is 261 g/mol. The maximum atomic E-state index is 4.39. The van der Waals surface area contributed by atoms with E-state index in [1.165, 1.54) is 5.69 Å². The van der Waals surface area contributed by atoms with Crippen molar-refractivity contribution in [1.29, 1.82) is 0 Å². The van der Waals surface area contributed by atoms with Crippen LogP contribution in [0.2, 0.25) is 0 Å². The van der Waals surface area contributed by atoms with Crippen LogP contribution in [0.25, 0.3) is 0 Å². The molecular formula is C14H23N5. The lowest BCUT2D eigenvalue weighted by Gasteiger charge is -2.14. The van der Waals surface area contributed by atoms with Gasteiger partial charge in [-0.1, -0.05) is 13.8 Å². The number of aryl methyl sites for hydroxylation is 1. The number of rotatable bonds is 7. The monoisotopic (exact) mass is 261 g/mol. The van der Waals surface area contributed by atoms with Crippen LogP contribution in [0.15, 0.2) is 24.7 Å². The number of nitrogens with one attached hydrogen (secondary N) is 1. The van der Waals surface area contributed by atoms with Gasteiger partial charge in [0.2, 0.25) is 0 Å². The van der Waals surface area contributed by atoms with Gasteiger partial charge in [-0.3, -0.25) is 9.36 Å². The predicted octanol–water partition coefficient (Wildman–Crippen LogP) is 3.07. The smallest absolute Gasteiger partial charge is 0.0729 e. The highest BCUT2D eigenvalue weighted by Gasteiger charge is 2.08. The molecule has 1 N–H and O–H groups in total. The van der Waals surface area contributed by atoms with E-state index in [1.54, 1.807) is 0 Å². The fourth-order valence-electron chi connectivity index (χ4n) is 2.05. The van der Waals surface area contributed by atoms with Crippen molar-refractivity contribution in [1.82, 2.24) is 19.6 Å². The van der Waals surface area contributed by atoms with Gasteiger partial charge in [-0.2, -0.15) is 10.2 Å². The Hall–Kier alpha value is -1.78. The first-order valence-electron chi connectivity index (χ1n) is 7.03. The number of hydrogen-bond acceptors (Lipinski definition) is 3. The molecule has 0 aromatic carbocycles. The van der Waals surface area contributed by atoms with Crippen molar-refractivity contribution >= 4 is 5.69 Å². The van der Waals surface area contributed by atoms with Gasteiger partial charge in [0.15, 0.2) is 0 Å². The van der Waals surface area contributed by atoms with Gasteiger partial charge in [0.05, 0.1) is 24.1 Å². The summed E-state index contributed by atoms with van der Waals surface area (Å²) in [5.74, 6) is 0. The molecule has 0 amide bonds. The molecule has 2 heterocycles. The number of anilines is 1. The minimum Gasteiger partial charge on any atom is -0.377 e. The van der Waals surface area contributed by atoms with Crippen molar-refractivity contribution in [3.8, 4) is 0 Å². The Morgan fingerprint density at radius 3 is 2.89 bits per heavy atom. The third-order valence-corrected chi connectivity index (χ3v) is 3.32. The molecule has 104 valence electrons. The molecule has 2 aromatic heterocycles. The molecule has 5 heteroatoms. The van der Waals surface area contributed by atoms with Crippen LogP contribution in [0.5, 0.6) is 0 Å². The van der Waals surface area contributed by atoms with Crippen molar-refractivity contribution < 1.29 is 0 Å². The molecule has 2 aromatic rings. The van der Waals surface area contributed by atoms with Crippen LogP contribution < -0.4 is 5.32 Å². The van der Waals surface area contributed by atoms with E-state index in [4.69, 9.17) is 0 Å². The summed E-state index contributed by atoms with van der Waals surface area (Å²) < 4.78 is 4.05. The third-order valence-electron chi connectivity index (χ3n) is 3.32. The van der Waals surface area contributed by atoms with Crippen molar-refractivity contribution in [3.05, 3.63) is 30.4 Å². The van der Waals surface area contributed by atoms with Crippen molar-refractivity contribution in [2.75, 3.05) is 5.32 Å². The van der Waals surface area contributed by atoms with Gasteiger partial charge in [-0.15, -0.1) is 0 Å². The fraction of sp³-hybridized carbons (Fsp3) is 0.571. The van der Waals surface area contributed by atoms with E-state index in [0.717, 1.165) is 31.6 Å². The molecular weight excluding hydrogens is 238 g/mol. The Morgan fingerprint density at radius 1 is 1.32 bits per heavy atom. The van der Waals surface area contributed by atoms with Crippen LogP contribution in [0, 0.1) is 0 Å². The lowest BCUT2D eigenvalue weighted by atomic mass is 10.2. The molecule has 0 unspecified atom stereocenters. The quantitative estimate of drug-likeness (QED) is 0.833. The van der Waals surface area contributed by atoms with E-state index in [1.807, 2.05) is 23.3 Å². The van der Waals surface area contributed by atoms with Gasteiger partial charge in [-0.25, -0.2) is 0 Å². The normalized spacial score (nSPS) is 12.6. The Bertz CT molecular complexity index is 499. The summed E-state index contributed by atoms with van der Waals surface area (Å²) in [6.07, 6.45) is 7.97. The van der Waals surface area contributed by atoms with Crippen molar-refractivity contribution in [2.45, 2.75) is 52.7 Å². The number of nitrogens with zero attached hydrogens (tertiary/aromatic N) is 4. The largest absolute Gasteiger partial charge is 0.377 e. The van der Waals surface area contributed by atoms with E-state index in [9.17, 15) is 0 Å². The zero-order valence-electron chi connectivity index (χ0n) is 12.0. The fourth-order valence-corrected chi connectivity index (χ4v) is 2.05. The molecule has 5 nitrogen and oxygen atoms in total. The summed E-state index contributed by atoms with van der Waals surface area (Å²) in [6, 6.07) is 2.50.